The Hall–Kier alpha value is -2.41. The summed E-state index contributed by atoms with van der Waals surface area (Å²) >= 11 is 3.42. The first-order valence-corrected chi connectivity index (χ1v) is 7.68. The molecule has 0 bridgehead atoms. The van der Waals surface area contributed by atoms with Crippen LogP contribution < -0.4 is 14.9 Å². The van der Waals surface area contributed by atoms with Crippen LogP contribution in [0.15, 0.2) is 46.2 Å². The van der Waals surface area contributed by atoms with E-state index >= 15 is 0 Å². The maximum atomic E-state index is 11.9. The number of aromatic nitrogens is 1. The highest BCUT2D eigenvalue weighted by Gasteiger charge is 2.10. The van der Waals surface area contributed by atoms with Gasteiger partial charge in [-0.15, -0.1) is 0 Å². The van der Waals surface area contributed by atoms with Gasteiger partial charge in [0.1, 0.15) is 0 Å². The Morgan fingerprint density at radius 2 is 2.30 bits per heavy atom. The molecule has 0 radical (unpaired) electrons. The van der Waals surface area contributed by atoms with Crippen LogP contribution in [0.1, 0.15) is 22.8 Å². The number of ether oxygens (including phenoxy) is 2. The lowest BCUT2D eigenvalue weighted by Gasteiger charge is -2.11. The van der Waals surface area contributed by atoms with Gasteiger partial charge in [0.15, 0.2) is 11.5 Å². The van der Waals surface area contributed by atoms with E-state index < -0.39 is 0 Å². The van der Waals surface area contributed by atoms with Gasteiger partial charge < -0.3 is 9.47 Å². The van der Waals surface area contributed by atoms with E-state index in [-0.39, 0.29) is 5.91 Å². The van der Waals surface area contributed by atoms with E-state index in [0.29, 0.717) is 23.7 Å². The SMILES string of the molecule is CCOc1cc(/C=N/NC(=O)c2cccnc2)cc(Br)c1OC. The Balaban J connectivity index is 2.12. The average Bonchev–Trinajstić information content (AvgIpc) is 2.56. The van der Waals surface area contributed by atoms with Gasteiger partial charge in [-0.25, -0.2) is 5.43 Å². The van der Waals surface area contributed by atoms with Gasteiger partial charge in [-0.3, -0.25) is 9.78 Å². The standard InChI is InChI=1S/C16H16BrN3O3/c1-3-23-14-8-11(7-13(17)15(14)22-2)9-19-20-16(21)12-5-4-6-18-10-12/h4-10H,3H2,1-2H3,(H,20,21)/b19-9+. The maximum Gasteiger partial charge on any atom is 0.272 e. The zero-order valence-corrected chi connectivity index (χ0v) is 14.3. The van der Waals surface area contributed by atoms with Crippen LogP contribution in [0.2, 0.25) is 0 Å². The predicted octanol–water partition coefficient (Wildman–Crippen LogP) is 3.02. The Bertz CT molecular complexity index is 705. The number of rotatable bonds is 6. The van der Waals surface area contributed by atoms with Crippen molar-refractivity contribution < 1.29 is 14.3 Å². The second kappa shape index (κ2) is 8.28. The fourth-order valence-electron chi connectivity index (χ4n) is 1.85. The summed E-state index contributed by atoms with van der Waals surface area (Å²) in [6, 6.07) is 6.95. The molecule has 2 aromatic rings. The zero-order valence-electron chi connectivity index (χ0n) is 12.7. The first-order valence-electron chi connectivity index (χ1n) is 6.89. The van der Waals surface area contributed by atoms with Gasteiger partial charge in [0, 0.05) is 12.4 Å². The fraction of sp³-hybridized carbons (Fsp3) is 0.188. The lowest BCUT2D eigenvalue weighted by molar-refractivity contribution is 0.0955. The van der Waals surface area contributed by atoms with Crippen LogP contribution in [0.3, 0.4) is 0 Å². The van der Waals surface area contributed by atoms with E-state index in [9.17, 15) is 4.79 Å². The third-order valence-electron chi connectivity index (χ3n) is 2.84. The van der Waals surface area contributed by atoms with Gasteiger partial charge in [0.2, 0.25) is 0 Å². The normalized spacial score (nSPS) is 10.6. The second-order valence-corrected chi connectivity index (χ2v) is 5.26. The van der Waals surface area contributed by atoms with Crippen LogP contribution in [0, 0.1) is 0 Å². The highest BCUT2D eigenvalue weighted by molar-refractivity contribution is 9.10. The van der Waals surface area contributed by atoms with Gasteiger partial charge in [-0.1, -0.05) is 0 Å². The van der Waals surface area contributed by atoms with Crippen molar-refractivity contribution in [3.63, 3.8) is 0 Å². The number of nitrogens with zero attached hydrogens (tertiary/aromatic N) is 2. The number of amides is 1. The van der Waals surface area contributed by atoms with Crippen molar-refractivity contribution in [1.29, 1.82) is 0 Å². The summed E-state index contributed by atoms with van der Waals surface area (Å²) in [6.07, 6.45) is 4.60. The van der Waals surface area contributed by atoms with Crippen molar-refractivity contribution in [2.24, 2.45) is 5.10 Å². The van der Waals surface area contributed by atoms with E-state index in [4.69, 9.17) is 9.47 Å². The summed E-state index contributed by atoms with van der Waals surface area (Å²) in [6.45, 7) is 2.41. The third-order valence-corrected chi connectivity index (χ3v) is 3.43. The molecule has 0 unspecified atom stereocenters. The number of carbonyl (C=O) groups is 1. The summed E-state index contributed by atoms with van der Waals surface area (Å²) < 4.78 is 11.6. The number of hydrogen-bond donors (Lipinski definition) is 1. The van der Waals surface area contributed by atoms with Crippen LogP contribution in [-0.2, 0) is 0 Å². The molecule has 0 aliphatic heterocycles. The molecular weight excluding hydrogens is 362 g/mol. The summed E-state index contributed by atoms with van der Waals surface area (Å²) in [5.41, 5.74) is 3.65. The molecule has 7 heteroatoms. The molecule has 1 aromatic carbocycles. The van der Waals surface area contributed by atoms with Crippen molar-refractivity contribution in [3.05, 3.63) is 52.3 Å². The first kappa shape index (κ1) is 17.0. The molecule has 120 valence electrons. The Labute approximate surface area is 142 Å². The molecule has 0 fully saturated rings. The summed E-state index contributed by atoms with van der Waals surface area (Å²) in [5.74, 6) is 0.889. The molecule has 6 nitrogen and oxygen atoms in total. The molecule has 23 heavy (non-hydrogen) atoms. The van der Waals surface area contributed by atoms with Crippen molar-refractivity contribution in [2.45, 2.75) is 6.92 Å². The molecular formula is C16H16BrN3O3. The molecule has 1 heterocycles. The topological polar surface area (TPSA) is 72.8 Å². The molecule has 2 rings (SSSR count). The third kappa shape index (κ3) is 4.53. The van der Waals surface area contributed by atoms with E-state index in [1.807, 2.05) is 13.0 Å². The summed E-state index contributed by atoms with van der Waals surface area (Å²) in [5, 5.41) is 3.95. The van der Waals surface area contributed by atoms with Crippen LogP contribution in [-0.4, -0.2) is 30.8 Å². The number of hydrogen-bond acceptors (Lipinski definition) is 5. The van der Waals surface area contributed by atoms with Gasteiger partial charge in [-0.2, -0.15) is 5.10 Å². The lowest BCUT2D eigenvalue weighted by Crippen LogP contribution is -2.17. The van der Waals surface area contributed by atoms with Crippen LogP contribution in [0.4, 0.5) is 0 Å². The van der Waals surface area contributed by atoms with Crippen molar-refractivity contribution in [2.75, 3.05) is 13.7 Å². The number of methoxy groups -OCH3 is 1. The Morgan fingerprint density at radius 1 is 1.48 bits per heavy atom. The van der Waals surface area contributed by atoms with E-state index in [0.717, 1.165) is 10.0 Å². The molecule has 1 N–H and O–H groups in total. The molecule has 0 spiro atoms. The number of benzene rings is 1. The minimum absolute atomic E-state index is 0.327. The number of carbonyl (C=O) groups excluding carboxylic acids is 1. The van der Waals surface area contributed by atoms with E-state index in [1.165, 1.54) is 12.4 Å². The zero-order chi connectivity index (χ0) is 16.7. The number of pyridine rings is 1. The summed E-state index contributed by atoms with van der Waals surface area (Å²) in [7, 11) is 1.57. The molecule has 0 saturated carbocycles. The van der Waals surface area contributed by atoms with Gasteiger partial charge in [0.05, 0.1) is 30.0 Å². The summed E-state index contributed by atoms with van der Waals surface area (Å²) in [4.78, 5) is 15.7. The first-order chi connectivity index (χ1) is 11.2. The molecule has 0 aliphatic rings. The highest BCUT2D eigenvalue weighted by atomic mass is 79.9. The highest BCUT2D eigenvalue weighted by Crippen LogP contribution is 2.36. The van der Waals surface area contributed by atoms with Crippen LogP contribution >= 0.6 is 15.9 Å². The van der Waals surface area contributed by atoms with Gasteiger partial charge in [0.25, 0.3) is 5.91 Å². The monoisotopic (exact) mass is 377 g/mol. The van der Waals surface area contributed by atoms with Crippen LogP contribution in [0.25, 0.3) is 0 Å². The average molecular weight is 378 g/mol. The fourth-order valence-corrected chi connectivity index (χ4v) is 2.47. The smallest absolute Gasteiger partial charge is 0.272 e. The number of halogens is 1. The minimum Gasteiger partial charge on any atom is -0.492 e. The number of hydrazone groups is 1. The van der Waals surface area contributed by atoms with E-state index in [2.05, 4.69) is 31.4 Å². The molecule has 1 amide bonds. The maximum absolute atomic E-state index is 11.9. The van der Waals surface area contributed by atoms with Crippen molar-refractivity contribution in [1.82, 2.24) is 10.4 Å². The Morgan fingerprint density at radius 3 is 2.96 bits per heavy atom. The van der Waals surface area contributed by atoms with Crippen molar-refractivity contribution >= 4 is 28.1 Å². The molecule has 0 aliphatic carbocycles. The lowest BCUT2D eigenvalue weighted by atomic mass is 10.2. The second-order valence-electron chi connectivity index (χ2n) is 4.41. The van der Waals surface area contributed by atoms with Gasteiger partial charge in [-0.05, 0) is 52.7 Å². The quantitative estimate of drug-likeness (QED) is 0.620. The predicted molar refractivity (Wildman–Crippen MR) is 91.2 cm³/mol. The number of nitrogens with one attached hydrogen (secondary N) is 1. The van der Waals surface area contributed by atoms with Gasteiger partial charge >= 0.3 is 0 Å². The minimum atomic E-state index is -0.327. The molecule has 1 aromatic heterocycles. The van der Waals surface area contributed by atoms with Crippen molar-refractivity contribution in [3.8, 4) is 11.5 Å². The van der Waals surface area contributed by atoms with E-state index in [1.54, 1.807) is 31.5 Å². The Kier molecular flexibility index (Phi) is 6.10. The largest absolute Gasteiger partial charge is 0.492 e. The van der Waals surface area contributed by atoms with Crippen LogP contribution in [0.5, 0.6) is 11.5 Å². The molecule has 0 atom stereocenters. The molecule has 0 saturated heterocycles.